The second-order valence-electron chi connectivity index (χ2n) is 4.88. The smallest absolute Gasteiger partial charge is 0.00700 e. The molecule has 2 rings (SSSR count). The van der Waals surface area contributed by atoms with E-state index in [2.05, 4.69) is 70.2 Å². The molecule has 0 nitrogen and oxygen atoms in total. The highest BCUT2D eigenvalue weighted by molar-refractivity contribution is 5.88. The molecule has 0 radical (unpaired) electrons. The Morgan fingerprint density at radius 3 is 2.53 bits per heavy atom. The van der Waals surface area contributed by atoms with Gasteiger partial charge in [0.2, 0.25) is 0 Å². The molecule has 1 aromatic carbocycles. The van der Waals surface area contributed by atoms with Crippen LogP contribution < -0.4 is 0 Å². The summed E-state index contributed by atoms with van der Waals surface area (Å²) >= 11 is 0. The summed E-state index contributed by atoms with van der Waals surface area (Å²) in [6.45, 7) is 8.69. The summed E-state index contributed by atoms with van der Waals surface area (Å²) in [5, 5.41) is 0. The van der Waals surface area contributed by atoms with E-state index in [0.717, 1.165) is 0 Å². The minimum atomic E-state index is 0.521. The quantitative estimate of drug-likeness (QED) is 0.622. The van der Waals surface area contributed by atoms with Gasteiger partial charge in [0.15, 0.2) is 0 Å². The number of allylic oxidation sites excluding steroid dienone is 6. The summed E-state index contributed by atoms with van der Waals surface area (Å²) in [5.41, 5.74) is 7.02. The van der Waals surface area contributed by atoms with Crippen molar-refractivity contribution in [2.45, 2.75) is 33.6 Å². The number of benzene rings is 1. The van der Waals surface area contributed by atoms with Gasteiger partial charge in [0.25, 0.3) is 0 Å². The summed E-state index contributed by atoms with van der Waals surface area (Å²) < 4.78 is 0. The maximum absolute atomic E-state index is 2.29. The number of hydrogen-bond acceptors (Lipinski definition) is 0. The maximum Gasteiger partial charge on any atom is 0.00700 e. The summed E-state index contributed by atoms with van der Waals surface area (Å²) in [7, 11) is 0. The fourth-order valence-electron chi connectivity index (χ4n) is 2.52. The van der Waals surface area contributed by atoms with Gasteiger partial charge in [-0.1, -0.05) is 55.0 Å². The van der Waals surface area contributed by atoms with Crippen molar-refractivity contribution in [3.8, 4) is 0 Å². The van der Waals surface area contributed by atoms with Gasteiger partial charge in [-0.25, -0.2) is 0 Å². The first-order valence-corrected chi connectivity index (χ1v) is 6.26. The molecular formula is C17H20. The fourth-order valence-corrected chi connectivity index (χ4v) is 2.52. The Bertz CT molecular complexity index is 509. The second-order valence-corrected chi connectivity index (χ2v) is 4.88. The van der Waals surface area contributed by atoms with E-state index in [1.54, 1.807) is 0 Å². The molecule has 88 valence electrons. The third-order valence-corrected chi connectivity index (χ3v) is 3.39. The lowest BCUT2D eigenvalue weighted by Gasteiger charge is -2.05. The summed E-state index contributed by atoms with van der Waals surface area (Å²) in [6.07, 6.45) is 6.70. The lowest BCUT2D eigenvalue weighted by molar-refractivity contribution is 0.955. The molecule has 0 heterocycles. The lowest BCUT2D eigenvalue weighted by atomic mass is 9.99. The largest absolute Gasteiger partial charge is 0.0832 e. The molecule has 0 amide bonds. The normalized spacial score (nSPS) is 22.9. The van der Waals surface area contributed by atoms with Gasteiger partial charge in [-0.05, 0) is 43.0 Å². The van der Waals surface area contributed by atoms with Gasteiger partial charge >= 0.3 is 0 Å². The molecule has 0 fully saturated rings. The first-order valence-electron chi connectivity index (χ1n) is 6.26. The number of fused-ring (bicyclic) bond motifs is 1. The molecule has 0 saturated carbocycles. The van der Waals surface area contributed by atoms with Crippen molar-refractivity contribution in [2.75, 3.05) is 0 Å². The van der Waals surface area contributed by atoms with Crippen LogP contribution in [0.1, 0.15) is 44.7 Å². The molecule has 1 aliphatic rings. The zero-order valence-corrected chi connectivity index (χ0v) is 11.1. The van der Waals surface area contributed by atoms with Crippen LogP contribution in [0.2, 0.25) is 0 Å². The highest BCUT2D eigenvalue weighted by Gasteiger charge is 2.26. The molecule has 1 aromatic rings. The molecule has 0 saturated heterocycles. The summed E-state index contributed by atoms with van der Waals surface area (Å²) in [4.78, 5) is 0. The zero-order valence-electron chi connectivity index (χ0n) is 11.1. The van der Waals surface area contributed by atoms with E-state index in [1.165, 1.54) is 27.8 Å². The van der Waals surface area contributed by atoms with E-state index in [4.69, 9.17) is 0 Å². The third kappa shape index (κ3) is 2.12. The van der Waals surface area contributed by atoms with Crippen molar-refractivity contribution in [1.82, 2.24) is 0 Å². The van der Waals surface area contributed by atoms with Crippen LogP contribution in [0.3, 0.4) is 0 Å². The van der Waals surface area contributed by atoms with E-state index in [0.29, 0.717) is 5.92 Å². The van der Waals surface area contributed by atoms with Gasteiger partial charge in [-0.2, -0.15) is 0 Å². The van der Waals surface area contributed by atoms with Gasteiger partial charge < -0.3 is 0 Å². The van der Waals surface area contributed by atoms with Gasteiger partial charge in [0.05, 0.1) is 0 Å². The Morgan fingerprint density at radius 2 is 1.88 bits per heavy atom. The minimum Gasteiger partial charge on any atom is -0.0832 e. The van der Waals surface area contributed by atoms with E-state index in [9.17, 15) is 0 Å². The zero-order chi connectivity index (χ0) is 12.4. The van der Waals surface area contributed by atoms with Gasteiger partial charge in [-0.3, -0.25) is 0 Å². The second kappa shape index (κ2) is 4.75. The van der Waals surface area contributed by atoms with Crippen LogP contribution in [-0.2, 0) is 0 Å². The fraction of sp³-hybridized carbons (Fsp3) is 0.294. The highest BCUT2D eigenvalue weighted by atomic mass is 14.3. The SMILES string of the molecule is C/C=C1\C(=C/C=C(C)C)c2ccccc2C1C. The minimum absolute atomic E-state index is 0.521. The van der Waals surface area contributed by atoms with Gasteiger partial charge in [0.1, 0.15) is 0 Å². The molecule has 1 atom stereocenters. The Balaban J connectivity index is 2.58. The van der Waals surface area contributed by atoms with Crippen LogP contribution >= 0.6 is 0 Å². The van der Waals surface area contributed by atoms with Crippen molar-refractivity contribution in [3.05, 3.63) is 64.8 Å². The predicted octanol–water partition coefficient (Wildman–Crippen LogP) is 5.10. The first kappa shape index (κ1) is 11.9. The van der Waals surface area contributed by atoms with Gasteiger partial charge in [-0.15, -0.1) is 0 Å². The van der Waals surface area contributed by atoms with Crippen molar-refractivity contribution in [2.24, 2.45) is 0 Å². The highest BCUT2D eigenvalue weighted by Crippen LogP contribution is 2.45. The van der Waals surface area contributed by atoms with Crippen LogP contribution in [0.5, 0.6) is 0 Å². The Kier molecular flexibility index (Phi) is 3.33. The van der Waals surface area contributed by atoms with Gasteiger partial charge in [0, 0.05) is 5.92 Å². The lowest BCUT2D eigenvalue weighted by Crippen LogP contribution is -1.88. The summed E-state index contributed by atoms with van der Waals surface area (Å²) in [6, 6.07) is 8.73. The topological polar surface area (TPSA) is 0 Å². The van der Waals surface area contributed by atoms with Crippen LogP contribution in [-0.4, -0.2) is 0 Å². The predicted molar refractivity (Wildman–Crippen MR) is 76.0 cm³/mol. The Morgan fingerprint density at radius 1 is 1.18 bits per heavy atom. The molecule has 0 aromatic heterocycles. The molecule has 1 unspecified atom stereocenters. The van der Waals surface area contributed by atoms with Crippen molar-refractivity contribution in [1.29, 1.82) is 0 Å². The summed E-state index contributed by atoms with van der Waals surface area (Å²) in [5.74, 6) is 0.521. The van der Waals surface area contributed by atoms with Crippen LogP contribution in [0.4, 0.5) is 0 Å². The monoisotopic (exact) mass is 224 g/mol. The molecule has 0 spiro atoms. The molecule has 1 aliphatic carbocycles. The average Bonchev–Trinajstić information content (AvgIpc) is 2.60. The van der Waals surface area contributed by atoms with Crippen LogP contribution in [0, 0.1) is 0 Å². The molecule has 0 N–H and O–H groups in total. The Hall–Kier alpha value is -1.56. The number of hydrogen-bond donors (Lipinski definition) is 0. The molecule has 0 aliphatic heterocycles. The van der Waals surface area contributed by atoms with Crippen molar-refractivity contribution < 1.29 is 0 Å². The average molecular weight is 224 g/mol. The van der Waals surface area contributed by atoms with E-state index >= 15 is 0 Å². The van der Waals surface area contributed by atoms with E-state index in [1.807, 2.05) is 0 Å². The van der Waals surface area contributed by atoms with Crippen LogP contribution in [0.15, 0.2) is 53.6 Å². The molecule has 17 heavy (non-hydrogen) atoms. The van der Waals surface area contributed by atoms with Crippen molar-refractivity contribution >= 4 is 5.57 Å². The molecule has 0 heteroatoms. The first-order chi connectivity index (χ1) is 8.15. The van der Waals surface area contributed by atoms with E-state index < -0.39 is 0 Å². The standard InChI is InChI=1S/C17H20/c1-5-14-13(4)15-8-6-7-9-16(15)17(14)11-10-12(2)3/h5-11,13H,1-4H3/b14-5-,17-11+. The molecular weight excluding hydrogens is 204 g/mol. The third-order valence-electron chi connectivity index (χ3n) is 3.39. The van der Waals surface area contributed by atoms with Crippen LogP contribution in [0.25, 0.3) is 5.57 Å². The molecule has 0 bridgehead atoms. The maximum atomic E-state index is 2.29. The van der Waals surface area contributed by atoms with E-state index in [-0.39, 0.29) is 0 Å². The Labute approximate surface area is 104 Å². The number of rotatable bonds is 1. The van der Waals surface area contributed by atoms with Crippen molar-refractivity contribution in [3.63, 3.8) is 0 Å².